The molecule has 1 N–H and O–H groups in total. The average Bonchev–Trinajstić information content (AvgIpc) is 2.53. The standard InChI is InChI=1S/C17H20N4O2/c1-20(2)11-10-18-16-12-6-3-4-8-14(12)19-17-13(16)7-5-9-15(17)21(22)23/h3-9,13,17,19H,10-11H2,1-2H3. The van der Waals surface area contributed by atoms with E-state index < -0.39 is 0 Å². The van der Waals surface area contributed by atoms with E-state index in [2.05, 4.69) is 10.2 Å². The SMILES string of the molecule is CN(C)CCN=C1c2ccccc2NC2C([N+](=O)[O-])=CC=CC12. The van der Waals surface area contributed by atoms with E-state index in [-0.39, 0.29) is 22.6 Å². The van der Waals surface area contributed by atoms with E-state index in [9.17, 15) is 10.1 Å². The molecular formula is C17H20N4O2. The van der Waals surface area contributed by atoms with Crippen LogP contribution in [0.2, 0.25) is 0 Å². The molecule has 0 saturated carbocycles. The first-order valence-electron chi connectivity index (χ1n) is 7.65. The summed E-state index contributed by atoms with van der Waals surface area (Å²) in [4.78, 5) is 17.9. The summed E-state index contributed by atoms with van der Waals surface area (Å²) in [5.41, 5.74) is 3.05. The van der Waals surface area contributed by atoms with Crippen molar-refractivity contribution in [2.45, 2.75) is 6.04 Å². The minimum Gasteiger partial charge on any atom is -0.371 e. The normalized spacial score (nSPS) is 24.0. The molecule has 2 unspecified atom stereocenters. The largest absolute Gasteiger partial charge is 0.371 e. The molecule has 2 atom stereocenters. The molecule has 120 valence electrons. The lowest BCUT2D eigenvalue weighted by Gasteiger charge is -2.34. The Balaban J connectivity index is 2.01. The van der Waals surface area contributed by atoms with Crippen LogP contribution < -0.4 is 5.32 Å². The fraction of sp³-hybridized carbons (Fsp3) is 0.353. The van der Waals surface area contributed by atoms with Crippen LogP contribution in [0.4, 0.5) is 5.69 Å². The van der Waals surface area contributed by atoms with E-state index >= 15 is 0 Å². The summed E-state index contributed by atoms with van der Waals surface area (Å²) < 4.78 is 0. The van der Waals surface area contributed by atoms with Crippen LogP contribution in [-0.4, -0.2) is 48.8 Å². The second-order valence-corrected chi connectivity index (χ2v) is 6.00. The minimum atomic E-state index is -0.372. The van der Waals surface area contributed by atoms with E-state index in [0.29, 0.717) is 6.54 Å². The van der Waals surface area contributed by atoms with E-state index in [0.717, 1.165) is 23.5 Å². The van der Waals surface area contributed by atoms with Crippen molar-refractivity contribution in [2.24, 2.45) is 10.9 Å². The van der Waals surface area contributed by atoms with Crippen molar-refractivity contribution in [2.75, 3.05) is 32.5 Å². The number of nitrogens with one attached hydrogen (secondary N) is 1. The maximum absolute atomic E-state index is 11.3. The number of fused-ring (bicyclic) bond motifs is 2. The Labute approximate surface area is 135 Å². The van der Waals surface area contributed by atoms with Gasteiger partial charge in [0, 0.05) is 23.9 Å². The van der Waals surface area contributed by atoms with Gasteiger partial charge in [0.15, 0.2) is 0 Å². The number of hydrogen-bond donors (Lipinski definition) is 1. The van der Waals surface area contributed by atoms with Crippen LogP contribution in [0.1, 0.15) is 5.56 Å². The minimum absolute atomic E-state index is 0.113. The number of nitro groups is 1. The number of benzene rings is 1. The molecule has 3 rings (SSSR count). The first-order valence-corrected chi connectivity index (χ1v) is 7.65. The van der Waals surface area contributed by atoms with Gasteiger partial charge >= 0.3 is 0 Å². The van der Waals surface area contributed by atoms with E-state index in [1.165, 1.54) is 0 Å². The molecule has 6 nitrogen and oxygen atoms in total. The first kappa shape index (κ1) is 15.4. The number of likely N-dealkylation sites (N-methyl/N-ethyl adjacent to an activating group) is 1. The highest BCUT2D eigenvalue weighted by molar-refractivity contribution is 6.10. The molecule has 23 heavy (non-hydrogen) atoms. The van der Waals surface area contributed by atoms with Crippen LogP contribution in [0.25, 0.3) is 0 Å². The van der Waals surface area contributed by atoms with Gasteiger partial charge in [0.05, 0.1) is 23.1 Å². The topological polar surface area (TPSA) is 70.8 Å². The molecule has 1 aliphatic heterocycles. The van der Waals surface area contributed by atoms with E-state index in [1.807, 2.05) is 44.4 Å². The van der Waals surface area contributed by atoms with Crippen molar-refractivity contribution in [1.29, 1.82) is 0 Å². The Morgan fingerprint density at radius 3 is 2.87 bits per heavy atom. The number of nitrogens with zero attached hydrogens (tertiary/aromatic N) is 3. The van der Waals surface area contributed by atoms with Gasteiger partial charge < -0.3 is 10.2 Å². The zero-order valence-electron chi connectivity index (χ0n) is 13.3. The van der Waals surface area contributed by atoms with Crippen molar-refractivity contribution >= 4 is 11.4 Å². The van der Waals surface area contributed by atoms with E-state index in [1.54, 1.807) is 12.2 Å². The number of rotatable bonds is 4. The molecule has 1 aromatic carbocycles. The average molecular weight is 312 g/mol. The number of aliphatic imine (C=N–C) groups is 1. The third-order valence-electron chi connectivity index (χ3n) is 4.13. The summed E-state index contributed by atoms with van der Waals surface area (Å²) in [6.07, 6.45) is 5.32. The van der Waals surface area contributed by atoms with Gasteiger partial charge in [0.25, 0.3) is 5.70 Å². The molecule has 2 aliphatic rings. The van der Waals surface area contributed by atoms with Gasteiger partial charge in [-0.1, -0.05) is 30.4 Å². The zero-order valence-corrected chi connectivity index (χ0v) is 13.3. The molecule has 0 spiro atoms. The predicted octanol–water partition coefficient (Wildman–Crippen LogP) is 2.18. The summed E-state index contributed by atoms with van der Waals surface area (Å²) in [5.74, 6) is -0.113. The van der Waals surface area contributed by atoms with Crippen LogP contribution in [0.5, 0.6) is 0 Å². The third-order valence-corrected chi connectivity index (χ3v) is 4.13. The lowest BCUT2D eigenvalue weighted by Crippen LogP contribution is -2.43. The molecule has 1 aliphatic carbocycles. The van der Waals surface area contributed by atoms with Crippen molar-refractivity contribution in [3.63, 3.8) is 0 Å². The lowest BCUT2D eigenvalue weighted by atomic mass is 9.81. The van der Waals surface area contributed by atoms with Crippen LogP contribution >= 0.6 is 0 Å². The Morgan fingerprint density at radius 2 is 2.13 bits per heavy atom. The highest BCUT2D eigenvalue weighted by Crippen LogP contribution is 2.34. The first-order chi connectivity index (χ1) is 11.1. The van der Waals surface area contributed by atoms with Gasteiger partial charge in [-0.25, -0.2) is 0 Å². The molecule has 0 amide bonds. The molecular weight excluding hydrogens is 292 g/mol. The summed E-state index contributed by atoms with van der Waals surface area (Å²) in [7, 11) is 4.01. The molecule has 0 radical (unpaired) electrons. The maximum Gasteiger partial charge on any atom is 0.269 e. The van der Waals surface area contributed by atoms with Crippen LogP contribution in [0, 0.1) is 16.0 Å². The van der Waals surface area contributed by atoms with Crippen molar-refractivity contribution in [3.05, 3.63) is 63.9 Å². The Morgan fingerprint density at radius 1 is 1.35 bits per heavy atom. The lowest BCUT2D eigenvalue weighted by molar-refractivity contribution is -0.429. The molecule has 1 aromatic rings. The number of allylic oxidation sites excluding steroid dienone is 2. The maximum atomic E-state index is 11.3. The quantitative estimate of drug-likeness (QED) is 0.683. The van der Waals surface area contributed by atoms with Crippen molar-refractivity contribution < 1.29 is 4.92 Å². The summed E-state index contributed by atoms with van der Waals surface area (Å²) in [6.45, 7) is 1.52. The Kier molecular flexibility index (Phi) is 4.25. The number of para-hydroxylation sites is 1. The van der Waals surface area contributed by atoms with Gasteiger partial charge in [-0.15, -0.1) is 0 Å². The molecule has 6 heteroatoms. The smallest absolute Gasteiger partial charge is 0.269 e. The fourth-order valence-corrected chi connectivity index (χ4v) is 3.00. The van der Waals surface area contributed by atoms with Gasteiger partial charge in [0.1, 0.15) is 6.04 Å². The van der Waals surface area contributed by atoms with Crippen LogP contribution in [0.15, 0.2) is 53.2 Å². The second kappa shape index (κ2) is 6.34. The molecule has 1 heterocycles. The number of anilines is 1. The highest BCUT2D eigenvalue weighted by Gasteiger charge is 2.40. The van der Waals surface area contributed by atoms with E-state index in [4.69, 9.17) is 4.99 Å². The molecule has 0 bridgehead atoms. The third kappa shape index (κ3) is 3.03. The fourth-order valence-electron chi connectivity index (χ4n) is 3.00. The van der Waals surface area contributed by atoms with Crippen molar-refractivity contribution in [3.8, 4) is 0 Å². The van der Waals surface area contributed by atoms with Gasteiger partial charge in [-0.2, -0.15) is 0 Å². The molecule has 0 aromatic heterocycles. The molecule has 0 saturated heterocycles. The second-order valence-electron chi connectivity index (χ2n) is 6.00. The van der Waals surface area contributed by atoms with Crippen LogP contribution in [-0.2, 0) is 0 Å². The Bertz CT molecular complexity index is 706. The Hall–Kier alpha value is -2.47. The van der Waals surface area contributed by atoms with Crippen molar-refractivity contribution in [1.82, 2.24) is 4.90 Å². The predicted molar refractivity (Wildman–Crippen MR) is 91.5 cm³/mol. The zero-order chi connectivity index (χ0) is 16.4. The highest BCUT2D eigenvalue weighted by atomic mass is 16.6. The number of hydrogen-bond acceptors (Lipinski definition) is 5. The summed E-state index contributed by atoms with van der Waals surface area (Å²) in [5, 5.41) is 14.7. The monoisotopic (exact) mass is 312 g/mol. The summed E-state index contributed by atoms with van der Waals surface area (Å²) in [6, 6.07) is 7.49. The summed E-state index contributed by atoms with van der Waals surface area (Å²) >= 11 is 0. The van der Waals surface area contributed by atoms with Gasteiger partial charge in [0.2, 0.25) is 0 Å². The molecule has 0 fully saturated rings. The van der Waals surface area contributed by atoms with Gasteiger partial charge in [-0.3, -0.25) is 15.1 Å². The van der Waals surface area contributed by atoms with Crippen LogP contribution in [0.3, 0.4) is 0 Å². The van der Waals surface area contributed by atoms with Gasteiger partial charge in [-0.05, 0) is 20.2 Å².